The van der Waals surface area contributed by atoms with Crippen LogP contribution in [0.25, 0.3) is 0 Å². The van der Waals surface area contributed by atoms with Crippen molar-refractivity contribution in [3.05, 3.63) is 0 Å². The molecule has 0 aromatic carbocycles. The molecule has 2 N–H and O–H groups in total. The highest BCUT2D eigenvalue weighted by atomic mass is 32.3. The molecule has 48 valence electrons. The molecule has 0 aromatic heterocycles. The Morgan fingerprint density at radius 2 is 2.00 bits per heavy atom. The van der Waals surface area contributed by atoms with E-state index in [4.69, 9.17) is 5.73 Å². The molecule has 0 spiro atoms. The van der Waals surface area contributed by atoms with E-state index >= 15 is 0 Å². The van der Waals surface area contributed by atoms with Gasteiger partial charge in [-0.15, -0.1) is 0 Å². The van der Waals surface area contributed by atoms with E-state index in [1.807, 2.05) is 0 Å². The molecule has 0 aliphatic carbocycles. The van der Waals surface area contributed by atoms with Gasteiger partial charge < -0.3 is 5.73 Å². The van der Waals surface area contributed by atoms with E-state index in [0.717, 1.165) is 0 Å². The van der Waals surface area contributed by atoms with Crippen LogP contribution >= 0.6 is 0 Å². The summed E-state index contributed by atoms with van der Waals surface area (Å²) >= 11 is 0. The van der Waals surface area contributed by atoms with Gasteiger partial charge in [0.2, 0.25) is 6.29 Å². The predicted octanol–water partition coefficient (Wildman–Crippen LogP) is -1.44. The Bertz CT molecular complexity index is 160. The van der Waals surface area contributed by atoms with Crippen LogP contribution in [0.1, 0.15) is 0 Å². The summed E-state index contributed by atoms with van der Waals surface area (Å²) in [5.74, 6) is 0. The lowest BCUT2D eigenvalue weighted by molar-refractivity contribution is -0.0709. The number of hydrogen-bond acceptors (Lipinski definition) is 5. The van der Waals surface area contributed by atoms with Crippen molar-refractivity contribution in [2.24, 2.45) is 5.73 Å². The van der Waals surface area contributed by atoms with E-state index in [-0.39, 0.29) is 6.54 Å². The normalized spacial score (nSPS) is 27.1. The molecular formula is C2H5NO4S. The zero-order chi connectivity index (χ0) is 6.20. The molecule has 0 radical (unpaired) electrons. The standard InChI is InChI=1S/C2H5NO4S/c3-1-2-6-8(4,5)7-2/h2H,1,3H2. The maximum Gasteiger partial charge on any atom is 0.405 e. The summed E-state index contributed by atoms with van der Waals surface area (Å²) < 4.78 is 28.1. The average Bonchev–Trinajstić information content (AvgIpc) is 1.60. The first-order chi connectivity index (χ1) is 3.64. The lowest BCUT2D eigenvalue weighted by Crippen LogP contribution is -2.41. The minimum absolute atomic E-state index is 0.0687. The molecule has 0 amide bonds. The molecule has 0 unspecified atom stereocenters. The molecule has 6 heteroatoms. The summed E-state index contributed by atoms with van der Waals surface area (Å²) in [6, 6.07) is 0. The predicted molar refractivity (Wildman–Crippen MR) is 23.9 cm³/mol. The number of hydrogen-bond donors (Lipinski definition) is 1. The van der Waals surface area contributed by atoms with E-state index in [1.165, 1.54) is 0 Å². The van der Waals surface area contributed by atoms with Crippen LogP contribution in [-0.4, -0.2) is 21.3 Å². The summed E-state index contributed by atoms with van der Waals surface area (Å²) in [6.07, 6.45) is -0.750. The second kappa shape index (κ2) is 1.66. The van der Waals surface area contributed by atoms with Crippen molar-refractivity contribution in [2.45, 2.75) is 6.29 Å². The van der Waals surface area contributed by atoms with E-state index in [2.05, 4.69) is 8.37 Å². The second-order valence-electron chi connectivity index (χ2n) is 1.27. The van der Waals surface area contributed by atoms with Gasteiger partial charge in [0, 0.05) is 6.54 Å². The maximum atomic E-state index is 9.96. The second-order valence-corrected chi connectivity index (χ2v) is 2.47. The third-order valence-electron chi connectivity index (χ3n) is 0.643. The van der Waals surface area contributed by atoms with Gasteiger partial charge in [-0.1, -0.05) is 0 Å². The van der Waals surface area contributed by atoms with E-state index < -0.39 is 16.7 Å². The zero-order valence-corrected chi connectivity index (χ0v) is 4.72. The maximum absolute atomic E-state index is 9.96. The van der Waals surface area contributed by atoms with Gasteiger partial charge in [-0.3, -0.25) is 0 Å². The lowest BCUT2D eigenvalue weighted by atomic mass is 10.7. The van der Waals surface area contributed by atoms with Gasteiger partial charge in [0.05, 0.1) is 0 Å². The quantitative estimate of drug-likeness (QED) is 0.481. The Balaban J connectivity index is 2.43. The fraction of sp³-hybridized carbons (Fsp3) is 1.00. The molecule has 0 aromatic rings. The lowest BCUT2D eigenvalue weighted by Gasteiger charge is -2.22. The van der Waals surface area contributed by atoms with E-state index in [9.17, 15) is 8.42 Å². The Morgan fingerprint density at radius 1 is 1.50 bits per heavy atom. The Morgan fingerprint density at radius 3 is 2.12 bits per heavy atom. The first-order valence-corrected chi connectivity index (χ1v) is 3.29. The van der Waals surface area contributed by atoms with Crippen LogP contribution < -0.4 is 5.73 Å². The van der Waals surface area contributed by atoms with Crippen LogP contribution in [0.4, 0.5) is 0 Å². The Kier molecular flexibility index (Phi) is 1.24. The third-order valence-corrected chi connectivity index (χ3v) is 1.54. The summed E-state index contributed by atoms with van der Waals surface area (Å²) in [6.45, 7) is 0.0687. The molecular weight excluding hydrogens is 134 g/mol. The van der Waals surface area contributed by atoms with Gasteiger partial charge in [-0.05, 0) is 0 Å². The monoisotopic (exact) mass is 139 g/mol. The van der Waals surface area contributed by atoms with Gasteiger partial charge in [0.15, 0.2) is 0 Å². The van der Waals surface area contributed by atoms with Crippen molar-refractivity contribution in [1.29, 1.82) is 0 Å². The molecule has 0 saturated carbocycles. The highest BCUT2D eigenvalue weighted by molar-refractivity contribution is 7.82. The molecule has 8 heavy (non-hydrogen) atoms. The smallest absolute Gasteiger partial charge is 0.326 e. The van der Waals surface area contributed by atoms with Gasteiger partial charge in [0.25, 0.3) is 0 Å². The summed E-state index contributed by atoms with van der Waals surface area (Å²) in [5.41, 5.74) is 4.94. The average molecular weight is 139 g/mol. The van der Waals surface area contributed by atoms with Crippen molar-refractivity contribution >= 4 is 10.4 Å². The summed E-state index contributed by atoms with van der Waals surface area (Å²) in [5, 5.41) is 0. The molecule has 1 aliphatic heterocycles. The summed E-state index contributed by atoms with van der Waals surface area (Å²) in [7, 11) is -3.62. The molecule has 1 fully saturated rings. The van der Waals surface area contributed by atoms with Gasteiger partial charge in [-0.2, -0.15) is 8.42 Å². The fourth-order valence-electron chi connectivity index (χ4n) is 0.349. The van der Waals surface area contributed by atoms with Crippen molar-refractivity contribution in [1.82, 2.24) is 0 Å². The Labute approximate surface area is 46.7 Å². The molecule has 1 heterocycles. The number of nitrogens with two attached hydrogens (primary N) is 1. The van der Waals surface area contributed by atoms with Crippen molar-refractivity contribution < 1.29 is 16.8 Å². The first kappa shape index (κ1) is 5.96. The van der Waals surface area contributed by atoms with Crippen LogP contribution in [-0.2, 0) is 18.8 Å². The molecule has 0 atom stereocenters. The number of rotatable bonds is 1. The van der Waals surface area contributed by atoms with Gasteiger partial charge >= 0.3 is 10.4 Å². The topological polar surface area (TPSA) is 78.6 Å². The van der Waals surface area contributed by atoms with Crippen LogP contribution in [0.3, 0.4) is 0 Å². The van der Waals surface area contributed by atoms with Crippen LogP contribution in [0.5, 0.6) is 0 Å². The minimum atomic E-state index is -3.62. The van der Waals surface area contributed by atoms with E-state index in [1.54, 1.807) is 0 Å². The highest BCUT2D eigenvalue weighted by Crippen LogP contribution is 2.15. The molecule has 5 nitrogen and oxygen atoms in total. The molecule has 1 aliphatic rings. The minimum Gasteiger partial charge on any atom is -0.326 e. The molecule has 1 rings (SSSR count). The first-order valence-electron chi connectivity index (χ1n) is 1.95. The fourth-order valence-corrected chi connectivity index (χ4v) is 1.05. The third kappa shape index (κ3) is 0.972. The largest absolute Gasteiger partial charge is 0.405 e. The zero-order valence-electron chi connectivity index (χ0n) is 3.90. The van der Waals surface area contributed by atoms with Crippen LogP contribution in [0.15, 0.2) is 0 Å². The molecule has 1 saturated heterocycles. The van der Waals surface area contributed by atoms with Gasteiger partial charge in [0.1, 0.15) is 0 Å². The van der Waals surface area contributed by atoms with Crippen LogP contribution in [0, 0.1) is 0 Å². The van der Waals surface area contributed by atoms with Crippen molar-refractivity contribution in [2.75, 3.05) is 6.54 Å². The summed E-state index contributed by atoms with van der Waals surface area (Å²) in [4.78, 5) is 0. The Hall–Kier alpha value is -0.170. The van der Waals surface area contributed by atoms with Gasteiger partial charge in [-0.25, -0.2) is 8.37 Å². The highest BCUT2D eigenvalue weighted by Gasteiger charge is 2.34. The van der Waals surface area contributed by atoms with Crippen molar-refractivity contribution in [3.8, 4) is 0 Å². The SMILES string of the molecule is NCC1OS(=O)(=O)O1. The molecule has 0 bridgehead atoms. The van der Waals surface area contributed by atoms with Crippen molar-refractivity contribution in [3.63, 3.8) is 0 Å². The van der Waals surface area contributed by atoms with E-state index in [0.29, 0.717) is 0 Å². The van der Waals surface area contributed by atoms with Crippen LogP contribution in [0.2, 0.25) is 0 Å².